The van der Waals surface area contributed by atoms with Crippen LogP contribution in [-0.4, -0.2) is 43.2 Å². The molecule has 1 aromatic rings. The molecular weight excluding hydrogens is 358 g/mol. The smallest absolute Gasteiger partial charge is 0.132 e. The van der Waals surface area contributed by atoms with Gasteiger partial charge in [-0.25, -0.2) is 8.78 Å². The van der Waals surface area contributed by atoms with Crippen molar-refractivity contribution in [2.75, 3.05) is 26.2 Å². The summed E-state index contributed by atoms with van der Waals surface area (Å²) in [7, 11) is 0. The fourth-order valence-electron chi connectivity index (χ4n) is 4.42. The molecule has 0 amide bonds. The van der Waals surface area contributed by atoms with Crippen LogP contribution in [0.3, 0.4) is 0 Å². The lowest BCUT2D eigenvalue weighted by molar-refractivity contribution is 0.163. The molecular formula is C23H30F2N2O. The highest BCUT2D eigenvalue weighted by molar-refractivity contribution is 5.29. The van der Waals surface area contributed by atoms with Crippen LogP contribution >= 0.6 is 0 Å². The first-order valence-corrected chi connectivity index (χ1v) is 10.5. The summed E-state index contributed by atoms with van der Waals surface area (Å²) >= 11 is 0. The third kappa shape index (κ3) is 4.81. The van der Waals surface area contributed by atoms with E-state index in [4.69, 9.17) is 4.74 Å². The van der Waals surface area contributed by atoms with Crippen LogP contribution in [0.25, 0.3) is 0 Å². The van der Waals surface area contributed by atoms with E-state index in [1.165, 1.54) is 31.9 Å². The van der Waals surface area contributed by atoms with Crippen molar-refractivity contribution in [1.29, 1.82) is 0 Å². The zero-order valence-electron chi connectivity index (χ0n) is 16.5. The molecule has 1 aromatic carbocycles. The number of allylic oxidation sites excluding steroid dienone is 4. The lowest BCUT2D eigenvalue weighted by Crippen LogP contribution is -2.44. The van der Waals surface area contributed by atoms with Gasteiger partial charge in [0.15, 0.2) is 0 Å². The summed E-state index contributed by atoms with van der Waals surface area (Å²) < 4.78 is 32.7. The number of benzene rings is 1. The first-order valence-electron chi connectivity index (χ1n) is 10.5. The van der Waals surface area contributed by atoms with Gasteiger partial charge in [-0.05, 0) is 57.5 Å². The lowest BCUT2D eigenvalue weighted by atomic mass is 9.95. The highest BCUT2D eigenvalue weighted by Gasteiger charge is 2.42. The van der Waals surface area contributed by atoms with E-state index in [1.54, 1.807) is 0 Å². The number of hydrogen-bond acceptors (Lipinski definition) is 3. The molecule has 3 nitrogen and oxygen atoms in total. The summed E-state index contributed by atoms with van der Waals surface area (Å²) in [6.07, 6.45) is 13.8. The van der Waals surface area contributed by atoms with Crippen LogP contribution in [0, 0.1) is 30.4 Å². The van der Waals surface area contributed by atoms with Crippen molar-refractivity contribution < 1.29 is 13.5 Å². The van der Waals surface area contributed by atoms with E-state index in [0.29, 0.717) is 18.7 Å². The van der Waals surface area contributed by atoms with Gasteiger partial charge in [0, 0.05) is 36.3 Å². The Morgan fingerprint density at radius 2 is 1.89 bits per heavy atom. The topological polar surface area (TPSA) is 24.5 Å². The number of halogens is 2. The molecule has 1 aliphatic heterocycles. The highest BCUT2D eigenvalue weighted by Crippen LogP contribution is 2.41. The maximum absolute atomic E-state index is 13.6. The molecule has 152 valence electrons. The second-order valence-electron chi connectivity index (χ2n) is 8.36. The van der Waals surface area contributed by atoms with Gasteiger partial charge in [0.1, 0.15) is 24.0 Å². The van der Waals surface area contributed by atoms with E-state index in [1.807, 2.05) is 0 Å². The Morgan fingerprint density at radius 3 is 2.57 bits per heavy atom. The summed E-state index contributed by atoms with van der Waals surface area (Å²) in [6.45, 7) is 4.75. The summed E-state index contributed by atoms with van der Waals surface area (Å²) in [5.41, 5.74) is 0.0378. The van der Waals surface area contributed by atoms with E-state index < -0.39 is 11.6 Å². The van der Waals surface area contributed by atoms with Gasteiger partial charge in [0.05, 0.1) is 0 Å². The average Bonchev–Trinajstić information content (AvgIpc) is 3.47. The van der Waals surface area contributed by atoms with Crippen molar-refractivity contribution in [3.05, 3.63) is 53.6 Å². The Hall–Kier alpha value is -1.72. The predicted octanol–water partition coefficient (Wildman–Crippen LogP) is 4.23. The number of nitrogens with zero attached hydrogens (tertiary/aromatic N) is 1. The first kappa shape index (κ1) is 19.6. The van der Waals surface area contributed by atoms with Crippen molar-refractivity contribution in [3.8, 4) is 5.75 Å². The maximum atomic E-state index is 13.6. The molecule has 28 heavy (non-hydrogen) atoms. The third-order valence-electron chi connectivity index (χ3n) is 6.37. The molecule has 1 heterocycles. The highest BCUT2D eigenvalue weighted by atomic mass is 19.1. The Labute approximate surface area is 166 Å². The second kappa shape index (κ2) is 8.75. The first-order chi connectivity index (χ1) is 13.6. The summed E-state index contributed by atoms with van der Waals surface area (Å²) in [5.74, 6) is 0.683. The molecule has 1 N–H and O–H groups in total. The molecule has 1 saturated carbocycles. The van der Waals surface area contributed by atoms with Crippen molar-refractivity contribution in [2.24, 2.45) is 11.8 Å². The van der Waals surface area contributed by atoms with Gasteiger partial charge in [-0.15, -0.1) is 0 Å². The fraction of sp³-hybridized carbons (Fsp3) is 0.565. The monoisotopic (exact) mass is 388 g/mol. The van der Waals surface area contributed by atoms with E-state index in [9.17, 15) is 8.78 Å². The molecule has 3 aliphatic rings. The third-order valence-corrected chi connectivity index (χ3v) is 6.37. The minimum atomic E-state index is -0.556. The van der Waals surface area contributed by atoms with Crippen LogP contribution in [0.4, 0.5) is 8.78 Å². The lowest BCUT2D eigenvalue weighted by Gasteiger charge is -2.32. The van der Waals surface area contributed by atoms with E-state index >= 15 is 0 Å². The van der Waals surface area contributed by atoms with Crippen molar-refractivity contribution in [2.45, 2.75) is 44.7 Å². The van der Waals surface area contributed by atoms with Gasteiger partial charge in [-0.2, -0.15) is 0 Å². The molecule has 4 rings (SSSR count). The van der Waals surface area contributed by atoms with Gasteiger partial charge >= 0.3 is 0 Å². The standard InChI is InChI=1S/C23H30F2N2O/c1-16-21(24)13-19(14-22(16)25)28-12-11-27-9-7-18(8-10-27)26-23-15-20(23)17-5-3-2-4-6-17/h2-5,13-14,17-18,20,23,26H,6-12,15H2,1H3/t17?,20-,23+/m0/s1. The molecule has 1 saturated heterocycles. The van der Waals surface area contributed by atoms with E-state index in [2.05, 4.69) is 34.5 Å². The van der Waals surface area contributed by atoms with Gasteiger partial charge < -0.3 is 10.1 Å². The second-order valence-corrected chi connectivity index (χ2v) is 8.36. The largest absolute Gasteiger partial charge is 0.492 e. The van der Waals surface area contributed by atoms with Crippen molar-refractivity contribution in [1.82, 2.24) is 10.2 Å². The summed E-state index contributed by atoms with van der Waals surface area (Å²) in [6, 6.07) is 3.82. The summed E-state index contributed by atoms with van der Waals surface area (Å²) in [5, 5.41) is 3.86. The van der Waals surface area contributed by atoms with Crippen molar-refractivity contribution in [3.63, 3.8) is 0 Å². The molecule has 2 aliphatic carbocycles. The average molecular weight is 389 g/mol. The SMILES string of the molecule is Cc1c(F)cc(OCCN2CCC(N[C@@H]3C[C@H]3C3C=CC=CC3)CC2)cc1F. The molecule has 3 atom stereocenters. The van der Waals surface area contributed by atoms with Gasteiger partial charge in [0.25, 0.3) is 0 Å². The Kier molecular flexibility index (Phi) is 6.12. The number of piperidine rings is 1. The van der Waals surface area contributed by atoms with Crippen LogP contribution in [0.5, 0.6) is 5.75 Å². The van der Waals surface area contributed by atoms with Crippen LogP contribution in [0.2, 0.25) is 0 Å². The number of likely N-dealkylation sites (tertiary alicyclic amines) is 1. The van der Waals surface area contributed by atoms with Gasteiger partial charge in [-0.1, -0.05) is 24.3 Å². The number of hydrogen-bond donors (Lipinski definition) is 1. The van der Waals surface area contributed by atoms with E-state index in [0.717, 1.165) is 44.3 Å². The molecule has 0 spiro atoms. The Bertz CT molecular complexity index is 717. The Morgan fingerprint density at radius 1 is 1.14 bits per heavy atom. The predicted molar refractivity (Wildman–Crippen MR) is 107 cm³/mol. The van der Waals surface area contributed by atoms with Crippen LogP contribution < -0.4 is 10.1 Å². The zero-order valence-corrected chi connectivity index (χ0v) is 16.5. The van der Waals surface area contributed by atoms with Crippen LogP contribution in [-0.2, 0) is 0 Å². The summed E-state index contributed by atoms with van der Waals surface area (Å²) in [4.78, 5) is 2.37. The normalized spacial score (nSPS) is 27.9. The van der Waals surface area contributed by atoms with Gasteiger partial charge in [0.2, 0.25) is 0 Å². The zero-order chi connectivity index (χ0) is 19.5. The number of ether oxygens (including phenoxy) is 1. The quantitative estimate of drug-likeness (QED) is 0.757. The van der Waals surface area contributed by atoms with E-state index in [-0.39, 0.29) is 11.3 Å². The van der Waals surface area contributed by atoms with Crippen LogP contribution in [0.1, 0.15) is 31.2 Å². The van der Waals surface area contributed by atoms with Crippen LogP contribution in [0.15, 0.2) is 36.4 Å². The maximum Gasteiger partial charge on any atom is 0.132 e. The minimum absolute atomic E-state index is 0.0378. The Balaban J connectivity index is 1.13. The molecule has 0 bridgehead atoms. The van der Waals surface area contributed by atoms with Gasteiger partial charge in [-0.3, -0.25) is 4.90 Å². The van der Waals surface area contributed by atoms with Crippen molar-refractivity contribution >= 4 is 0 Å². The fourth-order valence-corrected chi connectivity index (χ4v) is 4.42. The minimum Gasteiger partial charge on any atom is -0.492 e. The molecule has 1 unspecified atom stereocenters. The molecule has 5 heteroatoms. The molecule has 2 fully saturated rings. The number of rotatable bonds is 7. The molecule has 0 radical (unpaired) electrons. The molecule has 0 aromatic heterocycles. The number of nitrogens with one attached hydrogen (secondary N) is 1.